The Morgan fingerprint density at radius 1 is 1.04 bits per heavy atom. The monoisotopic (exact) mass is 381 g/mol. The van der Waals surface area contributed by atoms with Crippen molar-refractivity contribution >= 4 is 11.6 Å². The van der Waals surface area contributed by atoms with Gasteiger partial charge in [-0.2, -0.15) is 4.98 Å². The van der Waals surface area contributed by atoms with E-state index in [9.17, 15) is 4.79 Å². The first-order chi connectivity index (χ1) is 13.6. The van der Waals surface area contributed by atoms with E-state index in [1.165, 1.54) is 0 Å². The lowest BCUT2D eigenvalue weighted by Gasteiger charge is -2.07. The Hall–Kier alpha value is -3.55. The summed E-state index contributed by atoms with van der Waals surface area (Å²) in [5, 5.41) is 6.91. The fourth-order valence-corrected chi connectivity index (χ4v) is 3.24. The number of nitrogens with zero attached hydrogens (tertiary/aromatic N) is 2. The van der Waals surface area contributed by atoms with Crippen molar-refractivity contribution in [2.45, 2.75) is 12.3 Å². The number of carbonyl (C=O) groups is 1. The summed E-state index contributed by atoms with van der Waals surface area (Å²) in [6, 6.07) is 10.8. The summed E-state index contributed by atoms with van der Waals surface area (Å²) in [5.41, 5.74) is 2.30. The Balaban J connectivity index is 1.59. The van der Waals surface area contributed by atoms with Crippen LogP contribution >= 0.6 is 0 Å². The van der Waals surface area contributed by atoms with Crippen molar-refractivity contribution < 1.29 is 23.5 Å². The van der Waals surface area contributed by atoms with Crippen molar-refractivity contribution in [3.8, 4) is 28.6 Å². The first kappa shape index (κ1) is 17.8. The molecule has 0 saturated heterocycles. The first-order valence-corrected chi connectivity index (χ1v) is 8.66. The molecule has 0 radical (unpaired) electrons. The SMILES string of the molecule is COc1ccc2c(c1)NC(=O)C2Cc1nc(-c2ccc(OC)cc2OC)no1. The summed E-state index contributed by atoms with van der Waals surface area (Å²) >= 11 is 0. The molecule has 4 rings (SSSR count). The second-order valence-electron chi connectivity index (χ2n) is 6.28. The average Bonchev–Trinajstić information content (AvgIpc) is 3.31. The lowest BCUT2D eigenvalue weighted by Crippen LogP contribution is -2.14. The molecule has 1 N–H and O–H groups in total. The number of fused-ring (bicyclic) bond motifs is 1. The summed E-state index contributed by atoms with van der Waals surface area (Å²) in [4.78, 5) is 16.9. The topological polar surface area (TPSA) is 95.7 Å². The van der Waals surface area contributed by atoms with Crippen molar-refractivity contribution in [3.05, 3.63) is 47.9 Å². The predicted molar refractivity (Wildman–Crippen MR) is 101 cm³/mol. The maximum atomic E-state index is 12.4. The largest absolute Gasteiger partial charge is 0.497 e. The first-order valence-electron chi connectivity index (χ1n) is 8.66. The Bertz CT molecular complexity index is 1030. The van der Waals surface area contributed by atoms with Gasteiger partial charge >= 0.3 is 0 Å². The molecule has 1 unspecified atom stereocenters. The molecule has 1 amide bonds. The number of hydrogen-bond donors (Lipinski definition) is 1. The summed E-state index contributed by atoms with van der Waals surface area (Å²) < 4.78 is 21.2. The van der Waals surface area contributed by atoms with Gasteiger partial charge in [0.25, 0.3) is 0 Å². The molecule has 0 bridgehead atoms. The van der Waals surface area contributed by atoms with E-state index in [1.807, 2.05) is 12.1 Å². The van der Waals surface area contributed by atoms with Crippen LogP contribution in [0.3, 0.4) is 0 Å². The number of ether oxygens (including phenoxy) is 3. The highest BCUT2D eigenvalue weighted by molar-refractivity contribution is 6.03. The van der Waals surface area contributed by atoms with Crippen LogP contribution in [0.15, 0.2) is 40.9 Å². The molecule has 0 saturated carbocycles. The van der Waals surface area contributed by atoms with Crippen LogP contribution in [0.2, 0.25) is 0 Å². The lowest BCUT2D eigenvalue weighted by atomic mass is 9.97. The standard InChI is InChI=1S/C20H19N3O5/c1-25-11-4-6-13-15(20(24)21-16(13)8-11)10-18-22-19(23-28-18)14-7-5-12(26-2)9-17(14)27-3/h4-9,15H,10H2,1-3H3,(H,21,24). The zero-order valence-electron chi connectivity index (χ0n) is 15.7. The van der Waals surface area contributed by atoms with Crippen LogP contribution < -0.4 is 19.5 Å². The minimum atomic E-state index is -0.396. The number of hydrogen-bond acceptors (Lipinski definition) is 7. The van der Waals surface area contributed by atoms with Crippen LogP contribution in [0.5, 0.6) is 17.2 Å². The van der Waals surface area contributed by atoms with Crippen LogP contribution in [0.4, 0.5) is 5.69 Å². The van der Waals surface area contributed by atoms with Gasteiger partial charge in [0.1, 0.15) is 17.2 Å². The third kappa shape index (κ3) is 3.13. The Labute approximate surface area is 161 Å². The molecule has 2 aromatic carbocycles. The van der Waals surface area contributed by atoms with E-state index in [0.29, 0.717) is 40.9 Å². The quantitative estimate of drug-likeness (QED) is 0.701. The highest BCUT2D eigenvalue weighted by Crippen LogP contribution is 2.37. The third-order valence-corrected chi connectivity index (χ3v) is 4.71. The van der Waals surface area contributed by atoms with E-state index in [1.54, 1.807) is 45.6 Å². The van der Waals surface area contributed by atoms with Gasteiger partial charge in [-0.25, -0.2) is 0 Å². The summed E-state index contributed by atoms with van der Waals surface area (Å²) in [5.74, 6) is 2.18. The molecule has 1 aromatic heterocycles. The molecule has 2 heterocycles. The number of anilines is 1. The van der Waals surface area contributed by atoms with Gasteiger partial charge in [-0.1, -0.05) is 11.2 Å². The predicted octanol–water partition coefficient (Wildman–Crippen LogP) is 3.04. The molecule has 0 aliphatic carbocycles. The van der Waals surface area contributed by atoms with E-state index < -0.39 is 5.92 Å². The van der Waals surface area contributed by atoms with E-state index >= 15 is 0 Å². The van der Waals surface area contributed by atoms with Crippen LogP contribution in [0.1, 0.15) is 17.4 Å². The zero-order chi connectivity index (χ0) is 19.7. The molecular formula is C20H19N3O5. The summed E-state index contributed by atoms with van der Waals surface area (Å²) in [7, 11) is 4.73. The zero-order valence-corrected chi connectivity index (χ0v) is 15.7. The van der Waals surface area contributed by atoms with Crippen LogP contribution in [-0.2, 0) is 11.2 Å². The van der Waals surface area contributed by atoms with Gasteiger partial charge in [0, 0.05) is 24.2 Å². The molecule has 1 aliphatic heterocycles. The number of aromatic nitrogens is 2. The highest BCUT2D eigenvalue weighted by Gasteiger charge is 2.32. The van der Waals surface area contributed by atoms with Crippen molar-refractivity contribution in [1.82, 2.24) is 10.1 Å². The van der Waals surface area contributed by atoms with Gasteiger partial charge < -0.3 is 24.1 Å². The number of amides is 1. The van der Waals surface area contributed by atoms with Crippen molar-refractivity contribution in [2.75, 3.05) is 26.6 Å². The maximum absolute atomic E-state index is 12.4. The minimum Gasteiger partial charge on any atom is -0.497 e. The van der Waals surface area contributed by atoms with Crippen LogP contribution in [-0.4, -0.2) is 37.4 Å². The molecule has 8 heteroatoms. The van der Waals surface area contributed by atoms with Crippen molar-refractivity contribution in [1.29, 1.82) is 0 Å². The maximum Gasteiger partial charge on any atom is 0.232 e. The smallest absolute Gasteiger partial charge is 0.232 e. The fourth-order valence-electron chi connectivity index (χ4n) is 3.24. The van der Waals surface area contributed by atoms with Crippen molar-refractivity contribution in [3.63, 3.8) is 0 Å². The molecule has 1 aliphatic rings. The second kappa shape index (κ2) is 7.22. The number of methoxy groups -OCH3 is 3. The van der Waals surface area contributed by atoms with Gasteiger partial charge in [0.15, 0.2) is 0 Å². The fraction of sp³-hybridized carbons (Fsp3) is 0.250. The summed E-state index contributed by atoms with van der Waals surface area (Å²) in [6.45, 7) is 0. The van der Waals surface area contributed by atoms with E-state index in [2.05, 4.69) is 15.5 Å². The number of carbonyl (C=O) groups excluding carboxylic acids is 1. The average molecular weight is 381 g/mol. The molecule has 0 spiro atoms. The second-order valence-corrected chi connectivity index (χ2v) is 6.28. The minimum absolute atomic E-state index is 0.106. The Kier molecular flexibility index (Phi) is 4.60. The van der Waals surface area contributed by atoms with Gasteiger partial charge in [0.2, 0.25) is 17.6 Å². The number of rotatable bonds is 6. The highest BCUT2D eigenvalue weighted by atomic mass is 16.5. The van der Waals surface area contributed by atoms with Crippen LogP contribution in [0.25, 0.3) is 11.4 Å². The molecule has 8 nitrogen and oxygen atoms in total. The lowest BCUT2D eigenvalue weighted by molar-refractivity contribution is -0.117. The molecule has 1 atom stereocenters. The van der Waals surface area contributed by atoms with Gasteiger partial charge in [-0.05, 0) is 23.8 Å². The van der Waals surface area contributed by atoms with Crippen LogP contribution in [0, 0.1) is 0 Å². The molecule has 3 aromatic rings. The molecule has 144 valence electrons. The number of nitrogens with one attached hydrogen (secondary N) is 1. The van der Waals surface area contributed by atoms with Gasteiger partial charge in [0.05, 0.1) is 32.8 Å². The molecule has 0 fully saturated rings. The molecular weight excluding hydrogens is 362 g/mol. The Morgan fingerprint density at radius 3 is 2.54 bits per heavy atom. The van der Waals surface area contributed by atoms with Crippen molar-refractivity contribution in [2.24, 2.45) is 0 Å². The van der Waals surface area contributed by atoms with Gasteiger partial charge in [-0.3, -0.25) is 4.79 Å². The normalized spacial score (nSPS) is 15.1. The Morgan fingerprint density at radius 2 is 1.79 bits per heavy atom. The third-order valence-electron chi connectivity index (χ3n) is 4.71. The summed E-state index contributed by atoms with van der Waals surface area (Å²) in [6.07, 6.45) is 0.302. The van der Waals surface area contributed by atoms with E-state index in [4.69, 9.17) is 18.7 Å². The van der Waals surface area contributed by atoms with E-state index in [-0.39, 0.29) is 5.91 Å². The van der Waals surface area contributed by atoms with E-state index in [0.717, 1.165) is 11.3 Å². The molecule has 28 heavy (non-hydrogen) atoms. The van der Waals surface area contributed by atoms with Gasteiger partial charge in [-0.15, -0.1) is 0 Å². The number of benzene rings is 2.